The highest BCUT2D eigenvalue weighted by atomic mass is 32.2. The summed E-state index contributed by atoms with van der Waals surface area (Å²) in [6.45, 7) is 11.6. The van der Waals surface area contributed by atoms with Gasteiger partial charge in [0.05, 0.1) is 11.9 Å². The minimum Gasteiger partial charge on any atom is -0.444 e. The van der Waals surface area contributed by atoms with E-state index >= 15 is 0 Å². The molecule has 2 rings (SSSR count). The molecule has 1 aromatic carbocycles. The van der Waals surface area contributed by atoms with E-state index in [1.807, 2.05) is 30.3 Å². The topological polar surface area (TPSA) is 126 Å². The maximum atomic E-state index is 13.0. The van der Waals surface area contributed by atoms with E-state index in [1.54, 1.807) is 58.2 Å². The minimum atomic E-state index is -0.821. The number of nitrogens with zero attached hydrogens (tertiary/aromatic N) is 1. The molecule has 41 heavy (non-hydrogen) atoms. The lowest BCUT2D eigenvalue weighted by molar-refractivity contribution is -0.132. The Morgan fingerprint density at radius 3 is 2.12 bits per heavy atom. The van der Waals surface area contributed by atoms with E-state index in [0.29, 0.717) is 44.6 Å². The third-order valence-corrected chi connectivity index (χ3v) is 7.48. The fourth-order valence-electron chi connectivity index (χ4n) is 4.06. The summed E-state index contributed by atoms with van der Waals surface area (Å²) in [6.07, 6.45) is 0.746. The normalized spacial score (nSPS) is 15.8. The number of amides is 4. The monoisotopic (exact) mass is 610 g/mol. The predicted molar refractivity (Wildman–Crippen MR) is 165 cm³/mol. The van der Waals surface area contributed by atoms with Crippen molar-refractivity contribution in [1.82, 2.24) is 20.9 Å². The molecule has 230 valence electrons. The van der Waals surface area contributed by atoms with Crippen LogP contribution in [-0.2, 0) is 25.5 Å². The molecule has 4 amide bonds. The van der Waals surface area contributed by atoms with Crippen LogP contribution in [0, 0.1) is 0 Å². The van der Waals surface area contributed by atoms with Crippen LogP contribution in [0.1, 0.15) is 66.4 Å². The lowest BCUT2D eigenvalue weighted by atomic mass is 10.0. The van der Waals surface area contributed by atoms with Gasteiger partial charge in [0, 0.05) is 18.8 Å². The zero-order chi connectivity index (χ0) is 30.6. The Bertz CT molecular complexity index is 1010. The molecule has 0 aliphatic carbocycles. The van der Waals surface area contributed by atoms with E-state index in [9.17, 15) is 19.2 Å². The van der Waals surface area contributed by atoms with Gasteiger partial charge in [-0.2, -0.15) is 12.6 Å². The summed E-state index contributed by atoms with van der Waals surface area (Å²) in [7, 11) is 0. The molecule has 10 nitrogen and oxygen atoms in total. The standard InChI is InChI=1S/C29H46N4O6S2/c1-28(2,3)38-26(36)31-21(25(35)33-16-17-41-19-33)14-10-11-15-30-24(34)23(40)22(18-20-12-8-7-9-13-20)32-27(37)39-29(4,5)6/h7-9,12-13,21-23,40H,10-11,14-19H2,1-6H3,(H,30,34)(H,31,36)(H,32,37)/t21-,22+,23-/m0/s1. The molecule has 3 atom stereocenters. The van der Waals surface area contributed by atoms with Crippen LogP contribution in [0.4, 0.5) is 9.59 Å². The first-order valence-electron chi connectivity index (χ1n) is 14.0. The van der Waals surface area contributed by atoms with Crippen molar-refractivity contribution in [2.24, 2.45) is 0 Å². The number of hydrogen-bond acceptors (Lipinski definition) is 8. The summed E-state index contributed by atoms with van der Waals surface area (Å²) in [5.74, 6) is 1.03. The van der Waals surface area contributed by atoms with Crippen molar-refractivity contribution in [3.8, 4) is 0 Å². The van der Waals surface area contributed by atoms with Crippen molar-refractivity contribution in [3.05, 3.63) is 35.9 Å². The molecular formula is C29H46N4O6S2. The molecule has 0 radical (unpaired) electrons. The van der Waals surface area contributed by atoms with Crippen molar-refractivity contribution >= 4 is 48.4 Å². The Morgan fingerprint density at radius 1 is 0.951 bits per heavy atom. The third kappa shape index (κ3) is 13.7. The van der Waals surface area contributed by atoms with Gasteiger partial charge in [0.25, 0.3) is 0 Å². The van der Waals surface area contributed by atoms with Gasteiger partial charge in [-0.25, -0.2) is 9.59 Å². The Kier molecular flexibility index (Phi) is 13.6. The van der Waals surface area contributed by atoms with Gasteiger partial charge in [-0.15, -0.1) is 11.8 Å². The molecule has 1 aliphatic rings. The number of unbranched alkanes of at least 4 members (excludes halogenated alkanes) is 1. The highest BCUT2D eigenvalue weighted by Crippen LogP contribution is 2.17. The van der Waals surface area contributed by atoms with Crippen molar-refractivity contribution in [3.63, 3.8) is 0 Å². The number of benzene rings is 1. The Morgan fingerprint density at radius 2 is 1.56 bits per heavy atom. The number of carbonyl (C=O) groups excluding carboxylic acids is 4. The van der Waals surface area contributed by atoms with Crippen LogP contribution in [0.15, 0.2) is 30.3 Å². The van der Waals surface area contributed by atoms with E-state index in [4.69, 9.17) is 9.47 Å². The smallest absolute Gasteiger partial charge is 0.408 e. The summed E-state index contributed by atoms with van der Waals surface area (Å²) in [4.78, 5) is 52.6. The van der Waals surface area contributed by atoms with Crippen molar-refractivity contribution in [2.45, 2.75) is 95.8 Å². The van der Waals surface area contributed by atoms with Gasteiger partial charge in [-0.1, -0.05) is 30.3 Å². The van der Waals surface area contributed by atoms with Crippen LogP contribution in [-0.4, -0.2) is 82.2 Å². The number of rotatable bonds is 12. The first kappa shape index (κ1) is 34.6. The molecule has 1 aliphatic heterocycles. The Labute approximate surface area is 253 Å². The maximum absolute atomic E-state index is 13.0. The van der Waals surface area contributed by atoms with Crippen LogP contribution in [0.5, 0.6) is 0 Å². The molecule has 0 aromatic heterocycles. The molecular weight excluding hydrogens is 564 g/mol. The largest absolute Gasteiger partial charge is 0.444 e. The van der Waals surface area contributed by atoms with Crippen LogP contribution in [0.25, 0.3) is 0 Å². The first-order valence-corrected chi connectivity index (χ1v) is 15.7. The first-order chi connectivity index (χ1) is 19.1. The van der Waals surface area contributed by atoms with Gasteiger partial charge in [0.2, 0.25) is 11.8 Å². The molecule has 0 unspecified atom stereocenters. The van der Waals surface area contributed by atoms with Gasteiger partial charge in [0.15, 0.2) is 0 Å². The third-order valence-electron chi connectivity index (χ3n) is 5.92. The average molecular weight is 611 g/mol. The number of carbonyl (C=O) groups is 4. The summed E-state index contributed by atoms with van der Waals surface area (Å²) >= 11 is 6.22. The number of ether oxygens (including phenoxy) is 2. The molecule has 1 aromatic rings. The molecule has 12 heteroatoms. The summed E-state index contributed by atoms with van der Waals surface area (Å²) in [5.41, 5.74) is -0.406. The summed E-state index contributed by atoms with van der Waals surface area (Å²) < 4.78 is 10.7. The molecule has 0 spiro atoms. The van der Waals surface area contributed by atoms with Gasteiger partial charge in [-0.3, -0.25) is 9.59 Å². The number of nitrogens with one attached hydrogen (secondary N) is 3. The van der Waals surface area contributed by atoms with Crippen molar-refractivity contribution < 1.29 is 28.7 Å². The quantitative estimate of drug-likeness (QED) is 0.207. The Balaban J connectivity index is 1.91. The number of hydrogen-bond donors (Lipinski definition) is 4. The van der Waals surface area contributed by atoms with Crippen LogP contribution in [0.2, 0.25) is 0 Å². The molecule has 1 heterocycles. The minimum absolute atomic E-state index is 0.128. The summed E-state index contributed by atoms with van der Waals surface area (Å²) in [5, 5.41) is 7.59. The highest BCUT2D eigenvalue weighted by Gasteiger charge is 2.30. The van der Waals surface area contributed by atoms with Crippen LogP contribution in [0.3, 0.4) is 0 Å². The Hall–Kier alpha value is -2.60. The molecule has 1 fully saturated rings. The van der Waals surface area contributed by atoms with Crippen LogP contribution < -0.4 is 16.0 Å². The average Bonchev–Trinajstić information content (AvgIpc) is 3.40. The molecule has 3 N–H and O–H groups in total. The van der Waals surface area contributed by atoms with Gasteiger partial charge in [-0.05, 0) is 72.8 Å². The maximum Gasteiger partial charge on any atom is 0.408 e. The van der Waals surface area contributed by atoms with Gasteiger partial charge < -0.3 is 30.3 Å². The lowest BCUT2D eigenvalue weighted by Crippen LogP contribution is -2.50. The molecule has 1 saturated heterocycles. The number of thioether (sulfide) groups is 1. The zero-order valence-electron chi connectivity index (χ0n) is 25.0. The number of thiol groups is 1. The predicted octanol–water partition coefficient (Wildman–Crippen LogP) is 4.13. The second-order valence-corrected chi connectivity index (χ2v) is 13.6. The number of alkyl carbamates (subject to hydrolysis) is 2. The lowest BCUT2D eigenvalue weighted by Gasteiger charge is -2.27. The van der Waals surface area contributed by atoms with E-state index < -0.39 is 40.7 Å². The van der Waals surface area contributed by atoms with E-state index in [0.717, 1.165) is 11.3 Å². The molecule has 0 saturated carbocycles. The zero-order valence-corrected chi connectivity index (χ0v) is 26.7. The van der Waals surface area contributed by atoms with E-state index in [-0.39, 0.29) is 11.8 Å². The van der Waals surface area contributed by atoms with Crippen molar-refractivity contribution in [2.75, 3.05) is 24.7 Å². The second-order valence-electron chi connectivity index (χ2n) is 12.0. The van der Waals surface area contributed by atoms with Crippen LogP contribution >= 0.6 is 24.4 Å². The van der Waals surface area contributed by atoms with Gasteiger partial charge in [0.1, 0.15) is 22.5 Å². The summed E-state index contributed by atoms with van der Waals surface area (Å²) in [6, 6.07) is 8.23. The van der Waals surface area contributed by atoms with E-state index in [2.05, 4.69) is 28.6 Å². The van der Waals surface area contributed by atoms with E-state index in [1.165, 1.54) is 0 Å². The SMILES string of the molecule is CC(C)(C)OC(=O)N[C@@H](CCCCNC(=O)[C@@H](S)[C@@H](Cc1ccccc1)NC(=O)OC(C)(C)C)C(=O)N1CCSC1. The molecule has 0 bridgehead atoms. The van der Waals surface area contributed by atoms with Crippen molar-refractivity contribution in [1.29, 1.82) is 0 Å². The van der Waals surface area contributed by atoms with Gasteiger partial charge >= 0.3 is 12.2 Å². The fraction of sp³-hybridized carbons (Fsp3) is 0.655. The highest BCUT2D eigenvalue weighted by molar-refractivity contribution is 7.99. The second kappa shape index (κ2) is 16.1. The fourth-order valence-corrected chi connectivity index (χ4v) is 5.28.